The lowest BCUT2D eigenvalue weighted by Gasteiger charge is -2.11. The Morgan fingerprint density at radius 3 is 2.39 bits per heavy atom. The predicted octanol–water partition coefficient (Wildman–Crippen LogP) is 4.07. The van der Waals surface area contributed by atoms with E-state index in [1.807, 2.05) is 43.3 Å². The van der Waals surface area contributed by atoms with Crippen molar-refractivity contribution in [2.24, 2.45) is 0 Å². The number of nitrogens with one attached hydrogen (secondary N) is 1. The third kappa shape index (κ3) is 5.90. The molecule has 1 aromatic heterocycles. The summed E-state index contributed by atoms with van der Waals surface area (Å²) in [6.45, 7) is 2.68. The highest BCUT2D eigenvalue weighted by Gasteiger charge is 2.10. The molecule has 1 heterocycles. The van der Waals surface area contributed by atoms with Crippen LogP contribution in [0.2, 0.25) is 0 Å². The molecule has 0 radical (unpaired) electrons. The summed E-state index contributed by atoms with van der Waals surface area (Å²) in [6, 6.07) is 23.0. The van der Waals surface area contributed by atoms with Gasteiger partial charge >= 0.3 is 0 Å². The summed E-state index contributed by atoms with van der Waals surface area (Å²) in [4.78, 5) is 25.1. The van der Waals surface area contributed by atoms with Gasteiger partial charge in [0, 0.05) is 24.2 Å². The second-order valence-electron chi connectivity index (χ2n) is 8.12. The largest absolute Gasteiger partial charge is 0.493 e. The molecule has 0 aliphatic heterocycles. The Morgan fingerprint density at radius 2 is 1.67 bits per heavy atom. The third-order valence-electron chi connectivity index (χ3n) is 5.52. The van der Waals surface area contributed by atoms with Crippen LogP contribution in [0.25, 0.3) is 5.69 Å². The molecule has 0 aliphatic carbocycles. The van der Waals surface area contributed by atoms with Gasteiger partial charge in [0.2, 0.25) is 5.88 Å². The molecule has 0 bridgehead atoms. The van der Waals surface area contributed by atoms with E-state index in [1.165, 1.54) is 10.7 Å². The number of benzene rings is 3. The van der Waals surface area contributed by atoms with E-state index >= 15 is 0 Å². The van der Waals surface area contributed by atoms with Gasteiger partial charge in [-0.1, -0.05) is 35.9 Å². The van der Waals surface area contributed by atoms with E-state index in [2.05, 4.69) is 10.4 Å². The highest BCUT2D eigenvalue weighted by molar-refractivity contribution is 5.94. The molecular weight excluding hydrogens is 458 g/mol. The van der Waals surface area contributed by atoms with Crippen LogP contribution >= 0.6 is 0 Å². The van der Waals surface area contributed by atoms with Crippen LogP contribution in [-0.4, -0.2) is 29.9 Å². The van der Waals surface area contributed by atoms with Crippen molar-refractivity contribution in [3.8, 4) is 23.1 Å². The van der Waals surface area contributed by atoms with E-state index in [-0.39, 0.29) is 11.5 Å². The lowest BCUT2D eigenvalue weighted by Crippen LogP contribution is -2.23. The topological polar surface area (TPSA) is 91.7 Å². The van der Waals surface area contributed by atoms with Gasteiger partial charge in [-0.15, -0.1) is 5.10 Å². The van der Waals surface area contributed by atoms with Gasteiger partial charge in [-0.3, -0.25) is 9.59 Å². The molecule has 0 aliphatic rings. The maximum Gasteiger partial charge on any atom is 0.271 e. The van der Waals surface area contributed by atoms with Gasteiger partial charge in [-0.2, -0.15) is 4.68 Å². The number of hydrogen-bond acceptors (Lipinski definition) is 6. The molecule has 3 aromatic carbocycles. The maximum atomic E-state index is 12.6. The molecule has 4 aromatic rings. The van der Waals surface area contributed by atoms with Gasteiger partial charge in [-0.05, 0) is 54.4 Å². The van der Waals surface area contributed by atoms with Crippen LogP contribution < -0.4 is 25.1 Å². The molecule has 0 saturated heterocycles. The van der Waals surface area contributed by atoms with Crippen LogP contribution in [0.1, 0.15) is 27.0 Å². The van der Waals surface area contributed by atoms with Crippen LogP contribution in [0.4, 0.5) is 0 Å². The number of ether oxygens (including phenoxy) is 3. The highest BCUT2D eigenvalue weighted by Crippen LogP contribution is 2.27. The van der Waals surface area contributed by atoms with Gasteiger partial charge in [0.05, 0.1) is 19.9 Å². The van der Waals surface area contributed by atoms with Crippen molar-refractivity contribution in [1.29, 1.82) is 0 Å². The summed E-state index contributed by atoms with van der Waals surface area (Å²) >= 11 is 0. The number of hydrogen-bond donors (Lipinski definition) is 1. The first-order valence-electron chi connectivity index (χ1n) is 11.3. The maximum absolute atomic E-state index is 12.6. The molecule has 0 spiro atoms. The molecule has 1 amide bonds. The number of amides is 1. The molecule has 8 heteroatoms. The van der Waals surface area contributed by atoms with Crippen molar-refractivity contribution in [1.82, 2.24) is 15.1 Å². The summed E-state index contributed by atoms with van der Waals surface area (Å²) in [5.74, 6) is 1.30. The van der Waals surface area contributed by atoms with Gasteiger partial charge in [0.25, 0.3) is 11.5 Å². The number of methoxy groups -OCH3 is 2. The number of aryl methyl sites for hydroxylation is 1. The zero-order valence-corrected chi connectivity index (χ0v) is 20.4. The molecule has 36 heavy (non-hydrogen) atoms. The second kappa shape index (κ2) is 11.2. The SMILES string of the molecule is COc1ccc(CNC(=O)c2ccc(-n3nc(OCc4cccc(C)c4)ccc3=O)cc2)cc1OC. The van der Waals surface area contributed by atoms with E-state index in [1.54, 1.807) is 50.6 Å². The van der Waals surface area contributed by atoms with E-state index in [0.717, 1.165) is 16.7 Å². The first-order valence-corrected chi connectivity index (χ1v) is 11.3. The Hall–Kier alpha value is -4.59. The lowest BCUT2D eigenvalue weighted by atomic mass is 10.1. The molecule has 1 N–H and O–H groups in total. The summed E-state index contributed by atoms with van der Waals surface area (Å²) in [5, 5.41) is 7.20. The van der Waals surface area contributed by atoms with Crippen molar-refractivity contribution >= 4 is 5.91 Å². The van der Waals surface area contributed by atoms with Crippen molar-refractivity contribution in [2.45, 2.75) is 20.1 Å². The fraction of sp³-hybridized carbons (Fsp3) is 0.179. The molecular formula is C28H27N3O5. The Kier molecular flexibility index (Phi) is 7.65. The minimum Gasteiger partial charge on any atom is -0.493 e. The first kappa shape index (κ1) is 24.5. The van der Waals surface area contributed by atoms with Gasteiger partial charge in [0.1, 0.15) is 6.61 Å². The molecule has 0 atom stereocenters. The number of carbonyl (C=O) groups is 1. The summed E-state index contributed by atoms with van der Waals surface area (Å²) in [5.41, 5.74) is 3.70. The molecule has 0 unspecified atom stereocenters. The first-order chi connectivity index (χ1) is 17.5. The second-order valence-corrected chi connectivity index (χ2v) is 8.12. The van der Waals surface area contributed by atoms with Gasteiger partial charge in [0.15, 0.2) is 11.5 Å². The van der Waals surface area contributed by atoms with Gasteiger partial charge < -0.3 is 19.5 Å². The van der Waals surface area contributed by atoms with Crippen LogP contribution in [0.15, 0.2) is 83.7 Å². The van der Waals surface area contributed by atoms with Crippen molar-refractivity contribution in [3.05, 3.63) is 111 Å². The van der Waals surface area contributed by atoms with E-state index < -0.39 is 0 Å². The zero-order chi connectivity index (χ0) is 25.5. The standard InChI is InChI=1S/C28H27N3O5/c1-19-5-4-6-21(15-19)18-36-26-13-14-27(32)31(30-26)23-10-8-22(9-11-23)28(33)29-17-20-7-12-24(34-2)25(16-20)35-3/h4-16H,17-18H2,1-3H3,(H,29,33). The minimum atomic E-state index is -0.302. The number of aromatic nitrogens is 2. The van der Waals surface area contributed by atoms with Crippen LogP contribution in [0.5, 0.6) is 17.4 Å². The monoisotopic (exact) mass is 485 g/mol. The predicted molar refractivity (Wildman–Crippen MR) is 136 cm³/mol. The van der Waals surface area contributed by atoms with Crippen LogP contribution in [-0.2, 0) is 13.2 Å². The average Bonchev–Trinajstić information content (AvgIpc) is 2.91. The number of nitrogens with zero attached hydrogens (tertiary/aromatic N) is 2. The molecule has 0 saturated carbocycles. The smallest absolute Gasteiger partial charge is 0.271 e. The molecule has 184 valence electrons. The lowest BCUT2D eigenvalue weighted by molar-refractivity contribution is 0.0951. The van der Waals surface area contributed by atoms with Gasteiger partial charge in [-0.25, -0.2) is 0 Å². The molecule has 0 fully saturated rings. The molecule has 8 nitrogen and oxygen atoms in total. The number of carbonyl (C=O) groups excluding carboxylic acids is 1. The molecule has 4 rings (SSSR count). The van der Waals surface area contributed by atoms with Crippen LogP contribution in [0.3, 0.4) is 0 Å². The van der Waals surface area contributed by atoms with Crippen molar-refractivity contribution < 1.29 is 19.0 Å². The van der Waals surface area contributed by atoms with E-state index in [4.69, 9.17) is 14.2 Å². The summed E-state index contributed by atoms with van der Waals surface area (Å²) < 4.78 is 17.6. The average molecular weight is 486 g/mol. The summed E-state index contributed by atoms with van der Waals surface area (Å²) in [6.07, 6.45) is 0. The Labute approximate surface area is 209 Å². The highest BCUT2D eigenvalue weighted by atomic mass is 16.5. The fourth-order valence-electron chi connectivity index (χ4n) is 3.64. The van der Waals surface area contributed by atoms with Crippen molar-refractivity contribution in [3.63, 3.8) is 0 Å². The third-order valence-corrected chi connectivity index (χ3v) is 5.52. The normalized spacial score (nSPS) is 10.5. The number of rotatable bonds is 9. The Balaban J connectivity index is 1.42. The zero-order valence-electron chi connectivity index (χ0n) is 20.4. The van der Waals surface area contributed by atoms with E-state index in [9.17, 15) is 9.59 Å². The van der Waals surface area contributed by atoms with E-state index in [0.29, 0.717) is 41.8 Å². The summed E-state index contributed by atoms with van der Waals surface area (Å²) in [7, 11) is 3.13. The Morgan fingerprint density at radius 1 is 0.889 bits per heavy atom. The minimum absolute atomic E-state index is 0.244. The fourth-order valence-corrected chi connectivity index (χ4v) is 3.64. The Bertz CT molecular complexity index is 1410. The van der Waals surface area contributed by atoms with Crippen molar-refractivity contribution in [2.75, 3.05) is 14.2 Å². The van der Waals surface area contributed by atoms with Crippen LogP contribution in [0, 0.1) is 6.92 Å². The quantitative estimate of drug-likeness (QED) is 0.384.